The molecular formula is C24H28N6O5S. The van der Waals surface area contributed by atoms with Gasteiger partial charge in [-0.3, -0.25) is 10.00 Å². The van der Waals surface area contributed by atoms with Crippen LogP contribution in [0, 0.1) is 0 Å². The van der Waals surface area contributed by atoms with Gasteiger partial charge in [0.25, 0.3) is 0 Å². The number of sulfonamides is 1. The van der Waals surface area contributed by atoms with Crippen LogP contribution in [0.4, 0.5) is 0 Å². The quantitative estimate of drug-likeness (QED) is 0.381. The van der Waals surface area contributed by atoms with Crippen molar-refractivity contribution in [3.63, 3.8) is 0 Å². The third-order valence-electron chi connectivity index (χ3n) is 6.03. The lowest BCUT2D eigenvalue weighted by Gasteiger charge is -2.34. The highest BCUT2D eigenvalue weighted by atomic mass is 32.2. The zero-order chi connectivity index (χ0) is 25.4. The van der Waals surface area contributed by atoms with E-state index in [0.29, 0.717) is 23.6 Å². The van der Waals surface area contributed by atoms with Crippen LogP contribution in [0.2, 0.25) is 0 Å². The van der Waals surface area contributed by atoms with Crippen molar-refractivity contribution in [1.82, 2.24) is 25.1 Å². The predicted molar refractivity (Wildman–Crippen MR) is 133 cm³/mol. The minimum absolute atomic E-state index is 0.163. The van der Waals surface area contributed by atoms with Crippen LogP contribution >= 0.6 is 0 Å². The number of nitrogens with zero attached hydrogens (tertiary/aromatic N) is 4. The van der Waals surface area contributed by atoms with Gasteiger partial charge in [-0.25, -0.2) is 23.5 Å². The Morgan fingerprint density at radius 2 is 1.89 bits per heavy atom. The second-order valence-electron chi connectivity index (χ2n) is 9.14. The number of aromatic nitrogens is 4. The van der Waals surface area contributed by atoms with Crippen LogP contribution in [-0.4, -0.2) is 65.9 Å². The summed E-state index contributed by atoms with van der Waals surface area (Å²) in [7, 11) is -2.34. The third kappa shape index (κ3) is 5.26. The molecule has 3 aromatic heterocycles. The molecule has 0 aliphatic carbocycles. The van der Waals surface area contributed by atoms with Crippen LogP contribution in [0.5, 0.6) is 5.88 Å². The van der Waals surface area contributed by atoms with Crippen molar-refractivity contribution in [2.75, 3.05) is 20.2 Å². The second-order valence-corrected chi connectivity index (χ2v) is 10.8. The highest BCUT2D eigenvalue weighted by molar-refractivity contribution is 7.88. The second kappa shape index (κ2) is 9.62. The maximum absolute atomic E-state index is 11.7. The Morgan fingerprint density at radius 1 is 1.11 bits per heavy atom. The fourth-order valence-corrected chi connectivity index (χ4v) is 5.33. The van der Waals surface area contributed by atoms with Gasteiger partial charge in [0.2, 0.25) is 21.8 Å². The molecule has 0 radical (unpaired) electrons. The molecular weight excluding hydrogens is 484 g/mol. The molecule has 0 amide bonds. The summed E-state index contributed by atoms with van der Waals surface area (Å²) in [5.74, 6) is 1.05. The first-order chi connectivity index (χ1) is 17.2. The van der Waals surface area contributed by atoms with E-state index in [0.717, 1.165) is 40.9 Å². The Kier molecular flexibility index (Phi) is 6.51. The molecule has 3 N–H and O–H groups in total. The number of pyridine rings is 1. The number of oxazole rings is 1. The first-order valence-corrected chi connectivity index (χ1v) is 13.2. The molecule has 5 rings (SSSR count). The van der Waals surface area contributed by atoms with Gasteiger partial charge in [-0.2, -0.15) is 5.10 Å². The summed E-state index contributed by atoms with van der Waals surface area (Å²) in [5, 5.41) is 13.3. The maximum atomic E-state index is 11.7. The zero-order valence-corrected chi connectivity index (χ0v) is 21.1. The molecule has 1 fully saturated rings. The van der Waals surface area contributed by atoms with Gasteiger partial charge in [0.1, 0.15) is 5.76 Å². The Hall–Kier alpha value is -3.32. The van der Waals surface area contributed by atoms with Crippen molar-refractivity contribution in [2.24, 2.45) is 5.14 Å². The monoisotopic (exact) mass is 512 g/mol. The number of ether oxygens (including phenoxy) is 2. The number of hydrogen-bond acceptors (Lipinski definition) is 9. The van der Waals surface area contributed by atoms with Gasteiger partial charge in [-0.1, -0.05) is 0 Å². The van der Waals surface area contributed by atoms with E-state index in [1.54, 1.807) is 24.7 Å². The number of aromatic amines is 1. The number of methoxy groups -OCH3 is 1. The number of fused-ring (bicyclic) bond motifs is 1. The summed E-state index contributed by atoms with van der Waals surface area (Å²) in [6, 6.07) is 5.55. The zero-order valence-electron chi connectivity index (χ0n) is 20.3. The molecule has 12 heteroatoms. The number of hydrogen-bond donors (Lipinski definition) is 2. The van der Waals surface area contributed by atoms with Crippen LogP contribution in [0.1, 0.15) is 25.2 Å². The number of nitrogens with one attached hydrogen (secondary N) is 1. The number of rotatable bonds is 7. The van der Waals surface area contributed by atoms with Crippen LogP contribution in [0.15, 0.2) is 41.2 Å². The van der Waals surface area contributed by atoms with Crippen molar-refractivity contribution in [3.8, 4) is 28.5 Å². The molecule has 1 aliphatic rings. The standard InChI is InChI=1S/C24H28N6O5S/c1-14-10-30(11-15(2)34-14)12-19-8-27-24(35-19)20-5-16(6-22-21(20)9-28-29-22)17-4-18(13-36(25,31)32)23(33-3)26-7-17/h4-9,14-15H,10-13H2,1-3H3,(H,28,29)(H2,25,31,32)/t14-,15?/m0/s1. The van der Waals surface area contributed by atoms with Crippen LogP contribution in [0.3, 0.4) is 0 Å². The molecule has 4 heterocycles. The highest BCUT2D eigenvalue weighted by Crippen LogP contribution is 2.34. The summed E-state index contributed by atoms with van der Waals surface area (Å²) in [5.41, 5.74) is 3.38. The van der Waals surface area contributed by atoms with Gasteiger partial charge in [-0.05, 0) is 37.6 Å². The predicted octanol–water partition coefficient (Wildman–Crippen LogP) is 2.69. The summed E-state index contributed by atoms with van der Waals surface area (Å²) < 4.78 is 40.7. The van der Waals surface area contributed by atoms with Crippen molar-refractivity contribution < 1.29 is 22.3 Å². The smallest absolute Gasteiger partial charge is 0.227 e. The van der Waals surface area contributed by atoms with E-state index in [4.69, 9.17) is 19.0 Å². The van der Waals surface area contributed by atoms with E-state index in [2.05, 4.69) is 38.9 Å². The van der Waals surface area contributed by atoms with E-state index in [1.165, 1.54) is 7.11 Å². The van der Waals surface area contributed by atoms with Crippen molar-refractivity contribution in [3.05, 3.63) is 48.1 Å². The lowest BCUT2D eigenvalue weighted by atomic mass is 10.0. The summed E-state index contributed by atoms with van der Waals surface area (Å²) in [6.45, 7) is 6.43. The minimum atomic E-state index is -3.78. The fraction of sp³-hybridized carbons (Fsp3) is 0.375. The van der Waals surface area contributed by atoms with Gasteiger partial charge in [-0.15, -0.1) is 0 Å². The Balaban J connectivity index is 1.50. The van der Waals surface area contributed by atoms with Gasteiger partial charge in [0.05, 0.1) is 49.5 Å². The average molecular weight is 513 g/mol. The SMILES string of the molecule is COc1ncc(-c2cc(-c3ncc(CN4CC(C)O[C@@H](C)C4)o3)c3cn[nH]c3c2)cc1CS(N)(=O)=O. The lowest BCUT2D eigenvalue weighted by Crippen LogP contribution is -2.44. The van der Waals surface area contributed by atoms with Crippen LogP contribution in [-0.2, 0) is 27.1 Å². The van der Waals surface area contributed by atoms with Gasteiger partial charge >= 0.3 is 0 Å². The minimum Gasteiger partial charge on any atom is -0.481 e. The first-order valence-electron chi connectivity index (χ1n) is 11.5. The van der Waals surface area contributed by atoms with Crippen molar-refractivity contribution in [2.45, 2.75) is 38.4 Å². The van der Waals surface area contributed by atoms with E-state index in [-0.39, 0.29) is 18.1 Å². The highest BCUT2D eigenvalue weighted by Gasteiger charge is 2.24. The molecule has 1 aliphatic heterocycles. The van der Waals surface area contributed by atoms with Gasteiger partial charge < -0.3 is 13.9 Å². The molecule has 0 saturated carbocycles. The molecule has 1 saturated heterocycles. The van der Waals surface area contributed by atoms with Crippen molar-refractivity contribution >= 4 is 20.9 Å². The largest absolute Gasteiger partial charge is 0.481 e. The topological polar surface area (TPSA) is 149 Å². The van der Waals surface area contributed by atoms with E-state index in [1.807, 2.05) is 12.1 Å². The van der Waals surface area contributed by atoms with E-state index >= 15 is 0 Å². The molecule has 1 unspecified atom stereocenters. The van der Waals surface area contributed by atoms with Gasteiger partial charge in [0, 0.05) is 41.4 Å². The molecule has 11 nitrogen and oxygen atoms in total. The van der Waals surface area contributed by atoms with Crippen molar-refractivity contribution in [1.29, 1.82) is 0 Å². The van der Waals surface area contributed by atoms with Gasteiger partial charge in [0.15, 0.2) is 0 Å². The van der Waals surface area contributed by atoms with E-state index in [9.17, 15) is 8.42 Å². The summed E-state index contributed by atoms with van der Waals surface area (Å²) in [6.07, 6.45) is 5.42. The van der Waals surface area contributed by atoms with Crippen LogP contribution < -0.4 is 9.88 Å². The lowest BCUT2D eigenvalue weighted by molar-refractivity contribution is -0.0718. The molecule has 4 aromatic rings. The van der Waals surface area contributed by atoms with Crippen LogP contribution in [0.25, 0.3) is 33.5 Å². The number of primary sulfonamides is 1. The molecule has 2 atom stereocenters. The number of nitrogens with two attached hydrogens (primary N) is 1. The Labute approximate surface area is 208 Å². The summed E-state index contributed by atoms with van der Waals surface area (Å²) in [4.78, 5) is 11.1. The normalized spacial score (nSPS) is 19.1. The average Bonchev–Trinajstić information content (AvgIpc) is 3.46. The molecule has 190 valence electrons. The Morgan fingerprint density at radius 3 is 2.61 bits per heavy atom. The third-order valence-corrected chi connectivity index (χ3v) is 6.74. The number of H-pyrrole nitrogens is 1. The molecule has 0 bridgehead atoms. The summed E-state index contributed by atoms with van der Waals surface area (Å²) >= 11 is 0. The molecule has 36 heavy (non-hydrogen) atoms. The fourth-order valence-electron chi connectivity index (χ4n) is 4.69. The van der Waals surface area contributed by atoms with E-state index < -0.39 is 15.8 Å². The first kappa shape index (κ1) is 24.4. The molecule has 0 spiro atoms. The maximum Gasteiger partial charge on any atom is 0.227 e. The Bertz CT molecular complexity index is 1490. The number of benzene rings is 1. The number of morpholine rings is 1. The molecule has 1 aromatic carbocycles.